The number of sulfonamides is 2. The van der Waals surface area contributed by atoms with Gasteiger partial charge in [0.15, 0.2) is 24.3 Å². The molecule has 4 aromatic rings. The van der Waals surface area contributed by atoms with Gasteiger partial charge in [0.05, 0.1) is 35.0 Å². The smallest absolute Gasteiger partial charge is 0.333 e. The molecule has 0 radical (unpaired) electrons. The summed E-state index contributed by atoms with van der Waals surface area (Å²) in [6, 6.07) is 19.2. The van der Waals surface area contributed by atoms with Crippen molar-refractivity contribution in [2.24, 2.45) is 11.8 Å². The molecule has 8 bridgehead atoms. The topological polar surface area (TPSA) is 459 Å². The molecule has 32 nitrogen and oxygen atoms in total. The van der Waals surface area contributed by atoms with Gasteiger partial charge in [-0.05, 0) is 190 Å². The summed E-state index contributed by atoms with van der Waals surface area (Å²) in [5, 5.41) is 43.9. The van der Waals surface area contributed by atoms with Gasteiger partial charge in [-0.15, -0.1) is 0 Å². The van der Waals surface area contributed by atoms with Crippen molar-refractivity contribution in [3.05, 3.63) is 131 Å². The summed E-state index contributed by atoms with van der Waals surface area (Å²) in [5.41, 5.74) is 1.10. The number of hydrogen-bond acceptors (Lipinski definition) is 20. The third kappa shape index (κ3) is 28.1. The van der Waals surface area contributed by atoms with E-state index in [0.717, 1.165) is 49.7 Å². The molecular formula is C88H124N12O20S2. The number of amides is 10. The number of ether oxygens (including phenoxy) is 2. The first-order valence-corrected chi connectivity index (χ1v) is 46.0. The van der Waals surface area contributed by atoms with Crippen molar-refractivity contribution in [1.82, 2.24) is 61.8 Å². The lowest BCUT2D eigenvalue weighted by atomic mass is 9.83. The Labute approximate surface area is 715 Å². The van der Waals surface area contributed by atoms with Crippen LogP contribution in [0.5, 0.6) is 0 Å². The number of aliphatic hydroxyl groups excluding tert-OH is 2. The number of fused-ring (bicyclic) bond motifs is 20. The lowest BCUT2D eigenvalue weighted by Crippen LogP contribution is -2.58. The number of carbonyl (C=O) groups is 12. The van der Waals surface area contributed by atoms with E-state index >= 15 is 0 Å². The molecule has 12 rings (SSSR count). The van der Waals surface area contributed by atoms with E-state index in [4.69, 9.17) is 9.47 Å². The van der Waals surface area contributed by atoms with Crippen LogP contribution in [0.25, 0.3) is 0 Å². The van der Waals surface area contributed by atoms with Crippen LogP contribution in [0.2, 0.25) is 0 Å². The third-order valence-corrected chi connectivity index (χ3v) is 25.8. The second kappa shape index (κ2) is 44.5. The predicted octanol–water partition coefficient (Wildman–Crippen LogP) is 5.37. The van der Waals surface area contributed by atoms with Gasteiger partial charge in [0.25, 0.3) is 11.8 Å². The highest BCUT2D eigenvalue weighted by Crippen LogP contribution is 2.34. The normalized spacial score (nSPS) is 22.8. The Hall–Kier alpha value is -9.74. The monoisotopic (exact) mass is 1730 g/mol. The van der Waals surface area contributed by atoms with Crippen LogP contribution >= 0.6 is 0 Å². The summed E-state index contributed by atoms with van der Waals surface area (Å²) in [5.74, 6) is -8.13. The van der Waals surface area contributed by atoms with E-state index in [9.17, 15) is 84.6 Å². The standard InChI is InChI=1S/2C44H62N6O10S/c2*1-5-14-33(39(53)41(55)45-26-36(52)48-38(30-18-10-7-11-19-30)43(57)60-44(2,3)4)46-40(54)34-25-31-27-50(34)42(56)37(29-16-8-6-9-17-29)47-35(51)20-13-12-15-28-21-23-32(24-22-28)61(58,59)49-31/h2*7,10-11,18-19,21-24,29,31,33-34,37-39,49,53H,5-6,8-9,12-17,20,25-27H2,1-4H3,(H,45,55)(H,46,54)(H,47,51)(H,48,52)/t2*31-,33?,34?,37?,38+,39?/m11/s1. The summed E-state index contributed by atoms with van der Waals surface area (Å²) in [6.45, 7) is 12.2. The number of esters is 2. The van der Waals surface area contributed by atoms with Gasteiger partial charge in [0, 0.05) is 38.0 Å². The fraction of sp³-hybridized carbons (Fsp3) is 0.591. The summed E-state index contributed by atoms with van der Waals surface area (Å²) < 4.78 is 70.8. The van der Waals surface area contributed by atoms with Crippen LogP contribution in [0.1, 0.15) is 231 Å². The Bertz CT molecular complexity index is 4220. The average Bonchev–Trinajstić information content (AvgIpc) is 1.64. The number of nitrogens with zero attached hydrogens (tertiary/aromatic N) is 2. The lowest BCUT2D eigenvalue weighted by molar-refractivity contribution is -0.159. The lowest BCUT2D eigenvalue weighted by Gasteiger charge is -2.35. The molecule has 2 aliphatic carbocycles. The maximum atomic E-state index is 14.6. The zero-order chi connectivity index (χ0) is 88.6. The van der Waals surface area contributed by atoms with Gasteiger partial charge in [0.2, 0.25) is 67.3 Å². The summed E-state index contributed by atoms with van der Waals surface area (Å²) in [6.07, 6.45) is 9.83. The van der Waals surface area contributed by atoms with Crippen molar-refractivity contribution in [3.8, 4) is 0 Å². The van der Waals surface area contributed by atoms with Crippen molar-refractivity contribution in [3.63, 3.8) is 0 Å². The van der Waals surface area contributed by atoms with E-state index in [1.54, 1.807) is 140 Å². The van der Waals surface area contributed by atoms with Gasteiger partial charge >= 0.3 is 11.9 Å². The van der Waals surface area contributed by atoms with E-state index in [0.29, 0.717) is 88.2 Å². The number of nitrogens with one attached hydrogen (secondary N) is 10. The van der Waals surface area contributed by atoms with E-state index in [1.165, 1.54) is 34.1 Å². The number of carbonyl (C=O) groups excluding carboxylic acids is 12. The second-order valence-electron chi connectivity index (χ2n) is 34.7. The zero-order valence-electron chi connectivity index (χ0n) is 71.2. The van der Waals surface area contributed by atoms with Crippen LogP contribution in [-0.4, -0.2) is 206 Å². The molecule has 8 unspecified atom stereocenters. The van der Waals surface area contributed by atoms with Gasteiger partial charge in [-0.3, -0.25) is 47.9 Å². The second-order valence-corrected chi connectivity index (χ2v) is 38.2. The molecule has 4 fully saturated rings. The molecule has 6 aliphatic heterocycles. The quantitative estimate of drug-likeness (QED) is 0.0392. The fourth-order valence-electron chi connectivity index (χ4n) is 16.5. The largest absolute Gasteiger partial charge is 0.458 e. The van der Waals surface area contributed by atoms with Crippen LogP contribution < -0.4 is 52.0 Å². The van der Waals surface area contributed by atoms with Gasteiger partial charge in [-0.1, -0.05) is 150 Å². The molecule has 0 aromatic heterocycles. The minimum atomic E-state index is -4.07. The first-order chi connectivity index (χ1) is 57.9. The Kier molecular flexibility index (Phi) is 35.1. The van der Waals surface area contributed by atoms with Crippen molar-refractivity contribution in [1.29, 1.82) is 0 Å². The number of benzene rings is 4. The SMILES string of the molecule is CCCC(NC(=O)C1C[C@@H]2CN1C(=O)C(C1CCCCC1)NC(=O)CCCCc1ccc(cc1)S(=O)(=O)N2)C(O)C(=O)NCC(=O)N[C@H](C(=O)OC(C)(C)C)c1ccccc1.CCCC(NC(=O)C1C[C@@H]2CN1C(=O)C(C1CCCCC1)NC(=O)CCCCc1ccc(cc1)S(=O)(=O)N2)C(O)C(=O)NCC(=O)N[C@H](C(=O)OC(C)(C)C)c1ccccc1. The molecule has 34 heteroatoms. The molecule has 0 spiro atoms. The fourth-order valence-corrected chi connectivity index (χ4v) is 19.0. The molecule has 12 atom stereocenters. The van der Waals surface area contributed by atoms with Gasteiger partial charge in [0.1, 0.15) is 35.4 Å². The minimum absolute atomic E-state index is 0.0366. The Morgan fingerprint density at radius 2 is 0.795 bits per heavy atom. The maximum Gasteiger partial charge on any atom is 0.333 e. The van der Waals surface area contributed by atoms with Crippen molar-refractivity contribution >= 4 is 91.1 Å². The van der Waals surface area contributed by atoms with E-state index in [2.05, 4.69) is 52.0 Å². The van der Waals surface area contributed by atoms with Crippen LogP contribution in [-0.2, 0) is 99.9 Å². The first-order valence-electron chi connectivity index (χ1n) is 43.0. The van der Waals surface area contributed by atoms with Crippen LogP contribution in [0.4, 0.5) is 0 Å². The van der Waals surface area contributed by atoms with Crippen molar-refractivity contribution in [2.75, 3.05) is 26.2 Å². The molecular weight excluding hydrogens is 1610 g/mol. The molecule has 6 heterocycles. The zero-order valence-corrected chi connectivity index (χ0v) is 72.9. The average molecular weight is 1730 g/mol. The molecule has 2 saturated carbocycles. The van der Waals surface area contributed by atoms with Crippen LogP contribution in [0, 0.1) is 11.8 Å². The summed E-state index contributed by atoms with van der Waals surface area (Å²) in [4.78, 5) is 166. The van der Waals surface area contributed by atoms with Gasteiger partial charge in [-0.25, -0.2) is 35.9 Å². The molecule has 2 saturated heterocycles. The highest BCUT2D eigenvalue weighted by molar-refractivity contribution is 7.89. The summed E-state index contributed by atoms with van der Waals surface area (Å²) >= 11 is 0. The van der Waals surface area contributed by atoms with Crippen molar-refractivity contribution in [2.45, 2.75) is 303 Å². The Morgan fingerprint density at radius 1 is 0.459 bits per heavy atom. The minimum Gasteiger partial charge on any atom is -0.458 e. The molecule has 12 N–H and O–H groups in total. The van der Waals surface area contributed by atoms with E-state index in [1.807, 2.05) is 0 Å². The number of rotatable bonds is 24. The molecule has 122 heavy (non-hydrogen) atoms. The van der Waals surface area contributed by atoms with E-state index in [-0.39, 0.29) is 85.1 Å². The predicted molar refractivity (Wildman–Crippen MR) is 452 cm³/mol. The Balaban J connectivity index is 0.000000277. The summed E-state index contributed by atoms with van der Waals surface area (Å²) in [7, 11) is -8.14. The van der Waals surface area contributed by atoms with E-state index < -0.39 is 176 Å². The highest BCUT2D eigenvalue weighted by atomic mass is 32.2. The molecule has 10 amide bonds. The first kappa shape index (κ1) is 96.1. The highest BCUT2D eigenvalue weighted by Gasteiger charge is 2.49. The number of aryl methyl sites for hydroxylation is 2. The Morgan fingerprint density at radius 3 is 1.12 bits per heavy atom. The van der Waals surface area contributed by atoms with Gasteiger partial charge < -0.3 is 72.0 Å². The number of hydrogen-bond donors (Lipinski definition) is 12. The molecule has 4 aromatic carbocycles. The maximum absolute atomic E-state index is 14.6. The van der Waals surface area contributed by atoms with Gasteiger partial charge in [-0.2, -0.15) is 0 Å². The molecule has 668 valence electrons. The number of aliphatic hydroxyl groups is 2. The van der Waals surface area contributed by atoms with Crippen LogP contribution in [0.15, 0.2) is 119 Å². The third-order valence-electron chi connectivity index (χ3n) is 22.7. The van der Waals surface area contributed by atoms with Crippen molar-refractivity contribution < 1.29 is 94.1 Å². The molecule has 8 aliphatic rings. The van der Waals surface area contributed by atoms with Crippen LogP contribution in [0.3, 0.4) is 0 Å².